The summed E-state index contributed by atoms with van der Waals surface area (Å²) in [6.45, 7) is 2.08. The van der Waals surface area contributed by atoms with Crippen molar-refractivity contribution < 1.29 is 46.5 Å². The van der Waals surface area contributed by atoms with Gasteiger partial charge >= 0.3 is 21.7 Å². The van der Waals surface area contributed by atoms with Gasteiger partial charge in [0.15, 0.2) is 0 Å². The summed E-state index contributed by atoms with van der Waals surface area (Å²) in [4.78, 5) is 0. The molecule has 0 aliphatic heterocycles. The molecule has 0 saturated carbocycles. The monoisotopic (exact) mass is 393 g/mol. The molecule has 3 aromatic carbocycles. The van der Waals surface area contributed by atoms with Crippen LogP contribution >= 0.6 is 0 Å². The van der Waals surface area contributed by atoms with Gasteiger partial charge in [0.05, 0.1) is 0 Å². The maximum absolute atomic E-state index is 3.30. The maximum Gasteiger partial charge on any atom is 4.00 e. The summed E-state index contributed by atoms with van der Waals surface area (Å²) >= 11 is 0. The fourth-order valence-corrected chi connectivity index (χ4v) is 2.47. The molecule has 0 nitrogen and oxygen atoms in total. The molecule has 0 spiro atoms. The minimum absolute atomic E-state index is 0. The van der Waals surface area contributed by atoms with E-state index in [1.54, 1.807) is 0 Å². The Hall–Kier alpha value is -0.699. The van der Waals surface area contributed by atoms with E-state index in [9.17, 15) is 0 Å². The maximum atomic E-state index is 3.30. The predicted octanol–water partition coefficient (Wildman–Crippen LogP) is -2.41. The van der Waals surface area contributed by atoms with Gasteiger partial charge in [0.1, 0.15) is 0 Å². The predicted molar refractivity (Wildman–Crippen MR) is 90.2 cm³/mol. The standard InChI is InChI=1S/C13H9.C6H7.2ClH.H3Si.Ti/c1-3-7-12-10(5-1)9-11-6-2-4-8-13(11)12;1-6-4-2-3-5-6;;;;/h1-5,7-8H,9H2;2-5H,1H3;2*1H;1H3;/q2*-1;;;;+4/p-2. The molecule has 1 aliphatic rings. The van der Waals surface area contributed by atoms with Crippen molar-refractivity contribution in [2.45, 2.75) is 13.3 Å². The molecule has 4 heteroatoms. The van der Waals surface area contributed by atoms with E-state index in [-0.39, 0.29) is 57.5 Å². The second kappa shape index (κ2) is 11.8. The minimum atomic E-state index is 0. The zero-order valence-electron chi connectivity index (χ0n) is 13.3. The number of benzene rings is 2. The van der Waals surface area contributed by atoms with Gasteiger partial charge in [0.25, 0.3) is 0 Å². The van der Waals surface area contributed by atoms with Crippen LogP contribution in [0.2, 0.25) is 0 Å². The van der Waals surface area contributed by atoms with Crippen LogP contribution in [0.3, 0.4) is 0 Å². The molecule has 0 heterocycles. The molecule has 0 N–H and O–H groups in total. The van der Waals surface area contributed by atoms with Crippen molar-refractivity contribution >= 4 is 11.0 Å². The third-order valence-corrected chi connectivity index (χ3v) is 3.45. The number of fused-ring (bicyclic) bond motifs is 3. The van der Waals surface area contributed by atoms with Gasteiger partial charge in [0.2, 0.25) is 0 Å². The van der Waals surface area contributed by atoms with Gasteiger partial charge in [-0.2, -0.15) is 47.5 Å². The van der Waals surface area contributed by atoms with E-state index in [0.29, 0.717) is 0 Å². The Morgan fingerprint density at radius 2 is 1.48 bits per heavy atom. The van der Waals surface area contributed by atoms with Gasteiger partial charge < -0.3 is 24.8 Å². The smallest absolute Gasteiger partial charge is 1.00 e. The van der Waals surface area contributed by atoms with Crippen LogP contribution in [0.15, 0.2) is 66.7 Å². The van der Waals surface area contributed by atoms with Gasteiger partial charge in [-0.15, -0.1) is 5.56 Å². The third kappa shape index (κ3) is 6.02. The summed E-state index contributed by atoms with van der Waals surface area (Å²) in [6, 6.07) is 26.3. The Morgan fingerprint density at radius 3 is 2.09 bits per heavy atom. The van der Waals surface area contributed by atoms with E-state index in [0.717, 1.165) is 6.42 Å². The van der Waals surface area contributed by atoms with Crippen LogP contribution < -0.4 is 24.8 Å². The van der Waals surface area contributed by atoms with E-state index >= 15 is 0 Å². The Labute approximate surface area is 170 Å². The van der Waals surface area contributed by atoms with Crippen LogP contribution in [0.4, 0.5) is 0 Å². The molecule has 0 saturated heterocycles. The Balaban J connectivity index is 0. The van der Waals surface area contributed by atoms with E-state index in [1.165, 1.54) is 27.8 Å². The second-order valence-corrected chi connectivity index (χ2v) is 4.86. The van der Waals surface area contributed by atoms with Gasteiger partial charge in [-0.3, -0.25) is 0 Å². The molecule has 0 fully saturated rings. The Morgan fingerprint density at radius 1 is 0.870 bits per heavy atom. The fourth-order valence-electron chi connectivity index (χ4n) is 2.47. The summed E-state index contributed by atoms with van der Waals surface area (Å²) in [5.41, 5.74) is 6.85. The van der Waals surface area contributed by atoms with Crippen LogP contribution in [-0.2, 0) is 28.1 Å². The van der Waals surface area contributed by atoms with E-state index in [2.05, 4.69) is 61.5 Å². The van der Waals surface area contributed by atoms with Crippen LogP contribution in [0, 0.1) is 13.0 Å². The van der Waals surface area contributed by atoms with Crippen molar-refractivity contribution in [2.75, 3.05) is 0 Å². The minimum Gasteiger partial charge on any atom is -1.00 e. The molecule has 1 aliphatic carbocycles. The first-order valence-electron chi connectivity index (χ1n) is 6.61. The van der Waals surface area contributed by atoms with E-state index in [4.69, 9.17) is 0 Å². The molecule has 3 aromatic rings. The van der Waals surface area contributed by atoms with Crippen molar-refractivity contribution in [2.24, 2.45) is 0 Å². The van der Waals surface area contributed by atoms with Gasteiger partial charge in [-0.05, 0) is 17.4 Å². The van der Waals surface area contributed by atoms with Crippen molar-refractivity contribution in [3.05, 3.63) is 89.5 Å². The largest absolute Gasteiger partial charge is 4.00 e. The molecule has 0 atom stereocenters. The quantitative estimate of drug-likeness (QED) is 0.231. The molecule has 0 amide bonds. The molecule has 0 bridgehead atoms. The first-order chi connectivity index (χ1) is 9.34. The van der Waals surface area contributed by atoms with Gasteiger partial charge in [-0.1, -0.05) is 42.3 Å². The number of rotatable bonds is 0. The van der Waals surface area contributed by atoms with Crippen LogP contribution in [-0.4, -0.2) is 11.0 Å². The first kappa shape index (κ1) is 24.6. The number of aryl methyl sites for hydroxylation is 1. The summed E-state index contributed by atoms with van der Waals surface area (Å²) in [5, 5.41) is 0. The fraction of sp³-hybridized carbons (Fsp3) is 0.105. The number of hydrogen-bond donors (Lipinski definition) is 0. The zero-order valence-corrected chi connectivity index (χ0v) is 18.4. The number of halogens is 2. The van der Waals surface area contributed by atoms with Crippen molar-refractivity contribution in [3.8, 4) is 11.1 Å². The second-order valence-electron chi connectivity index (χ2n) is 4.86. The Kier molecular flexibility index (Phi) is 12.6. The summed E-state index contributed by atoms with van der Waals surface area (Å²) in [7, 11) is 0. The molecular weight excluding hydrogens is 375 g/mol. The summed E-state index contributed by atoms with van der Waals surface area (Å²) < 4.78 is 0. The van der Waals surface area contributed by atoms with E-state index < -0.39 is 0 Å². The average molecular weight is 394 g/mol. The summed E-state index contributed by atoms with van der Waals surface area (Å²) in [6.07, 6.45) is 1.05. The molecule has 1 radical (unpaired) electrons. The Bertz CT molecular complexity index is 638. The molecular formula is C19H19Cl2SiTi. The normalized spacial score (nSPS) is 9.26. The van der Waals surface area contributed by atoms with Crippen molar-refractivity contribution in [3.63, 3.8) is 0 Å². The molecule has 4 rings (SSSR count). The molecule has 0 aromatic heterocycles. The topological polar surface area (TPSA) is 0 Å². The average Bonchev–Trinajstić information content (AvgIpc) is 3.06. The SMILES string of the molecule is C[c-]1cccc1.[Cl-].[Cl-].[SiH3].[Ti+4].[c-]1cccc2c1Cc1ccccc1-2. The van der Waals surface area contributed by atoms with Crippen LogP contribution in [0.25, 0.3) is 11.1 Å². The zero-order chi connectivity index (χ0) is 13.1. The van der Waals surface area contributed by atoms with E-state index in [1.807, 2.05) is 18.2 Å². The molecule has 23 heavy (non-hydrogen) atoms. The van der Waals surface area contributed by atoms with Crippen LogP contribution in [0.5, 0.6) is 0 Å². The summed E-state index contributed by atoms with van der Waals surface area (Å²) in [5.74, 6) is 0. The molecule has 117 valence electrons. The van der Waals surface area contributed by atoms with Crippen LogP contribution in [0.1, 0.15) is 16.7 Å². The van der Waals surface area contributed by atoms with Crippen molar-refractivity contribution in [1.82, 2.24) is 0 Å². The number of hydrogen-bond acceptors (Lipinski definition) is 0. The van der Waals surface area contributed by atoms with Gasteiger partial charge in [-0.25, -0.2) is 12.1 Å². The van der Waals surface area contributed by atoms with Crippen molar-refractivity contribution in [1.29, 1.82) is 0 Å². The molecule has 0 unspecified atom stereocenters. The first-order valence-corrected chi connectivity index (χ1v) is 6.61. The third-order valence-electron chi connectivity index (χ3n) is 3.45. The van der Waals surface area contributed by atoms with Gasteiger partial charge in [0, 0.05) is 0 Å².